The quantitative estimate of drug-likeness (QED) is 0.606. The fourth-order valence-corrected chi connectivity index (χ4v) is 1.33. The van der Waals surface area contributed by atoms with Gasteiger partial charge in [0.15, 0.2) is 0 Å². The average Bonchev–Trinajstić information content (AvgIpc) is 2.15. The lowest BCUT2D eigenvalue weighted by molar-refractivity contribution is -0.00880. The average molecular weight is 185 g/mol. The van der Waals surface area contributed by atoms with Crippen LogP contribution < -0.4 is 5.32 Å². The number of rotatable bonds is 3. The van der Waals surface area contributed by atoms with Crippen molar-refractivity contribution < 1.29 is 9.90 Å². The second-order valence-electron chi connectivity index (χ2n) is 2.86. The van der Waals surface area contributed by atoms with Crippen LogP contribution in [0.15, 0.2) is 12.7 Å². The van der Waals surface area contributed by atoms with Crippen molar-refractivity contribution in [3.8, 4) is 0 Å². The highest BCUT2D eigenvalue weighted by Gasteiger charge is 2.20. The zero-order chi connectivity index (χ0) is 9.68. The molecule has 0 aromatic rings. The van der Waals surface area contributed by atoms with E-state index >= 15 is 0 Å². The van der Waals surface area contributed by atoms with Crippen molar-refractivity contribution in [2.75, 3.05) is 32.7 Å². The highest BCUT2D eigenvalue weighted by Crippen LogP contribution is 2.00. The molecule has 2 N–H and O–H groups in total. The van der Waals surface area contributed by atoms with Gasteiger partial charge in [0.2, 0.25) is 0 Å². The lowest BCUT2D eigenvalue weighted by Crippen LogP contribution is -2.54. The first-order valence-corrected chi connectivity index (χ1v) is 4.32. The predicted octanol–water partition coefficient (Wildman–Crippen LogP) is -0.0274. The number of carbonyl (C=O) groups is 1. The number of hydrazine groups is 1. The molecule has 1 fully saturated rings. The largest absolute Gasteiger partial charge is 0.464 e. The van der Waals surface area contributed by atoms with E-state index in [-0.39, 0.29) is 0 Å². The van der Waals surface area contributed by atoms with Crippen LogP contribution in [0.2, 0.25) is 0 Å². The molecule has 0 aromatic heterocycles. The van der Waals surface area contributed by atoms with Crippen LogP contribution in [0.3, 0.4) is 0 Å². The molecule has 13 heavy (non-hydrogen) atoms. The summed E-state index contributed by atoms with van der Waals surface area (Å²) >= 11 is 0. The van der Waals surface area contributed by atoms with Gasteiger partial charge in [-0.2, -0.15) is 0 Å². The number of nitrogens with zero attached hydrogens (tertiary/aromatic N) is 2. The Morgan fingerprint density at radius 1 is 1.62 bits per heavy atom. The lowest BCUT2D eigenvalue weighted by atomic mass is 10.4. The zero-order valence-electron chi connectivity index (χ0n) is 7.57. The third kappa shape index (κ3) is 2.71. The van der Waals surface area contributed by atoms with Crippen molar-refractivity contribution in [3.05, 3.63) is 12.7 Å². The number of piperazine rings is 1. The summed E-state index contributed by atoms with van der Waals surface area (Å²) in [6, 6.07) is 0. The molecule has 1 rings (SSSR count). The molecule has 5 nitrogen and oxygen atoms in total. The number of nitrogens with one attached hydrogen (secondary N) is 1. The van der Waals surface area contributed by atoms with Crippen molar-refractivity contribution >= 4 is 6.09 Å². The first-order valence-electron chi connectivity index (χ1n) is 4.32. The molecule has 0 bridgehead atoms. The second-order valence-corrected chi connectivity index (χ2v) is 2.86. The van der Waals surface area contributed by atoms with E-state index in [0.29, 0.717) is 6.54 Å². The van der Waals surface area contributed by atoms with Crippen LogP contribution in [0.1, 0.15) is 0 Å². The summed E-state index contributed by atoms with van der Waals surface area (Å²) in [6.07, 6.45) is 0.678. The summed E-state index contributed by atoms with van der Waals surface area (Å²) in [7, 11) is 0. The van der Waals surface area contributed by atoms with Gasteiger partial charge in [-0.15, -0.1) is 6.58 Å². The standard InChI is InChI=1S/C8H15N3O2/c1-2-5-11(8(12)13)10-6-3-9-4-7-10/h2,9H,1,3-7H2,(H,12,13). The van der Waals surface area contributed by atoms with Crippen LogP contribution in [-0.4, -0.2) is 53.9 Å². The Bertz CT molecular complexity index is 190. The maximum atomic E-state index is 10.8. The number of amides is 1. The Morgan fingerprint density at radius 3 is 2.69 bits per heavy atom. The normalized spacial score (nSPS) is 18.2. The van der Waals surface area contributed by atoms with E-state index in [4.69, 9.17) is 5.11 Å². The first kappa shape index (κ1) is 10.0. The molecule has 1 aliphatic heterocycles. The Kier molecular flexibility index (Phi) is 3.72. The van der Waals surface area contributed by atoms with Gasteiger partial charge in [0.05, 0.1) is 6.54 Å². The van der Waals surface area contributed by atoms with Crippen molar-refractivity contribution in [2.45, 2.75) is 0 Å². The van der Waals surface area contributed by atoms with E-state index in [9.17, 15) is 4.79 Å². The molecule has 0 atom stereocenters. The Morgan fingerprint density at radius 2 is 2.23 bits per heavy atom. The molecule has 0 aromatic carbocycles. The van der Waals surface area contributed by atoms with E-state index in [1.54, 1.807) is 6.08 Å². The minimum Gasteiger partial charge on any atom is -0.464 e. The Hall–Kier alpha value is -1.07. The van der Waals surface area contributed by atoms with Gasteiger partial charge in [-0.25, -0.2) is 14.8 Å². The van der Waals surface area contributed by atoms with Gasteiger partial charge in [-0.05, 0) is 0 Å². The molecular weight excluding hydrogens is 170 g/mol. The van der Waals surface area contributed by atoms with Crippen molar-refractivity contribution in [1.82, 2.24) is 15.3 Å². The fourth-order valence-electron chi connectivity index (χ4n) is 1.33. The Balaban J connectivity index is 2.51. The van der Waals surface area contributed by atoms with Crippen molar-refractivity contribution in [2.24, 2.45) is 0 Å². The van der Waals surface area contributed by atoms with Gasteiger partial charge in [0.1, 0.15) is 0 Å². The molecule has 0 spiro atoms. The van der Waals surface area contributed by atoms with Gasteiger partial charge >= 0.3 is 6.09 Å². The van der Waals surface area contributed by atoms with E-state index in [2.05, 4.69) is 11.9 Å². The molecule has 0 radical (unpaired) electrons. The molecule has 1 amide bonds. The van der Waals surface area contributed by atoms with Crippen molar-refractivity contribution in [1.29, 1.82) is 0 Å². The maximum Gasteiger partial charge on any atom is 0.422 e. The van der Waals surface area contributed by atoms with Gasteiger partial charge in [-0.3, -0.25) is 0 Å². The van der Waals surface area contributed by atoms with Crippen LogP contribution in [0, 0.1) is 0 Å². The minimum absolute atomic E-state index is 0.356. The van der Waals surface area contributed by atoms with E-state index < -0.39 is 6.09 Å². The number of carboxylic acid groups (broad SMARTS) is 1. The first-order chi connectivity index (χ1) is 6.25. The topological polar surface area (TPSA) is 55.8 Å². The molecule has 74 valence electrons. The molecule has 0 unspecified atom stereocenters. The minimum atomic E-state index is -0.915. The maximum absolute atomic E-state index is 10.8. The molecule has 0 saturated carbocycles. The summed E-state index contributed by atoms with van der Waals surface area (Å²) in [4.78, 5) is 10.8. The zero-order valence-corrected chi connectivity index (χ0v) is 7.57. The SMILES string of the molecule is C=CCN(C(=O)O)N1CCNCC1. The van der Waals surface area contributed by atoms with Gasteiger partial charge in [-0.1, -0.05) is 6.08 Å². The lowest BCUT2D eigenvalue weighted by Gasteiger charge is -2.34. The summed E-state index contributed by atoms with van der Waals surface area (Å²) in [5.74, 6) is 0. The summed E-state index contributed by atoms with van der Waals surface area (Å²) in [5, 5.41) is 15.2. The van der Waals surface area contributed by atoms with Gasteiger partial charge < -0.3 is 10.4 Å². The molecule has 1 heterocycles. The van der Waals surface area contributed by atoms with E-state index in [1.807, 2.05) is 5.01 Å². The second kappa shape index (κ2) is 4.84. The van der Waals surface area contributed by atoms with Crippen LogP contribution in [0.5, 0.6) is 0 Å². The summed E-state index contributed by atoms with van der Waals surface area (Å²) in [5.41, 5.74) is 0. The van der Waals surface area contributed by atoms with E-state index in [0.717, 1.165) is 26.2 Å². The van der Waals surface area contributed by atoms with Gasteiger partial charge in [0, 0.05) is 26.2 Å². The molecule has 0 aliphatic carbocycles. The fraction of sp³-hybridized carbons (Fsp3) is 0.625. The Labute approximate surface area is 77.6 Å². The molecule has 5 heteroatoms. The highest BCUT2D eigenvalue weighted by molar-refractivity contribution is 5.64. The van der Waals surface area contributed by atoms with Crippen LogP contribution in [0.4, 0.5) is 4.79 Å². The van der Waals surface area contributed by atoms with Crippen LogP contribution in [0.25, 0.3) is 0 Å². The summed E-state index contributed by atoms with van der Waals surface area (Å²) < 4.78 is 0. The van der Waals surface area contributed by atoms with Crippen LogP contribution >= 0.6 is 0 Å². The third-order valence-electron chi connectivity index (χ3n) is 1.96. The molecule has 1 aliphatic rings. The number of hydrogen-bond acceptors (Lipinski definition) is 3. The third-order valence-corrected chi connectivity index (χ3v) is 1.96. The predicted molar refractivity (Wildman–Crippen MR) is 49.4 cm³/mol. The monoisotopic (exact) mass is 185 g/mol. The smallest absolute Gasteiger partial charge is 0.422 e. The van der Waals surface area contributed by atoms with Gasteiger partial charge in [0.25, 0.3) is 0 Å². The van der Waals surface area contributed by atoms with E-state index in [1.165, 1.54) is 5.01 Å². The molecule has 1 saturated heterocycles. The highest BCUT2D eigenvalue weighted by atomic mass is 16.4. The van der Waals surface area contributed by atoms with Crippen molar-refractivity contribution in [3.63, 3.8) is 0 Å². The molecular formula is C8H15N3O2. The van der Waals surface area contributed by atoms with Crippen LogP contribution in [-0.2, 0) is 0 Å². The summed E-state index contributed by atoms with van der Waals surface area (Å²) in [6.45, 7) is 7.03. The number of hydrogen-bond donors (Lipinski definition) is 2.